The molecule has 0 aromatic carbocycles. The Morgan fingerprint density at radius 3 is 1.50 bits per heavy atom. The van der Waals surface area contributed by atoms with Gasteiger partial charge in [-0.2, -0.15) is 0 Å². The van der Waals surface area contributed by atoms with E-state index < -0.39 is 6.16 Å². The monoisotopic (exact) mass is 167 g/mol. The maximum atomic E-state index is 8.56. The third kappa shape index (κ3) is 75.2. The van der Waals surface area contributed by atoms with Gasteiger partial charge in [0.15, 0.2) is 0 Å². The standard InChI is InChI=1S/CH2O3.Ca.Cu.2H/c2-1(3)4;;;;/h(H2,2,3,4);;;;/q;+2;;2*-1. The second kappa shape index (κ2) is 9.41. The van der Waals surface area contributed by atoms with Gasteiger partial charge in [0.1, 0.15) is 0 Å². The Bertz CT molecular complexity index is 40.3. The van der Waals surface area contributed by atoms with Crippen molar-refractivity contribution in [3.8, 4) is 0 Å². The van der Waals surface area contributed by atoms with Crippen LogP contribution < -0.4 is 0 Å². The zero-order chi connectivity index (χ0) is 3.58. The summed E-state index contributed by atoms with van der Waals surface area (Å²) in [5.74, 6) is 0. The molecular formula is CH4CaCuO3. The summed E-state index contributed by atoms with van der Waals surface area (Å²) in [7, 11) is 0. The molecule has 0 aliphatic heterocycles. The van der Waals surface area contributed by atoms with E-state index in [0.29, 0.717) is 0 Å². The van der Waals surface area contributed by atoms with Gasteiger partial charge in [0.2, 0.25) is 0 Å². The van der Waals surface area contributed by atoms with Crippen molar-refractivity contribution in [1.29, 1.82) is 0 Å². The first-order valence-electron chi connectivity index (χ1n) is 0.651. The SMILES string of the molecule is O=C(O)O.[Ca+2].[Cu].[H-].[H-]. The van der Waals surface area contributed by atoms with Crippen LogP contribution in [-0.4, -0.2) is 54.1 Å². The first-order chi connectivity index (χ1) is 1.73. The number of carboxylic acid groups (broad SMARTS) is 2. The minimum Gasteiger partial charge on any atom is -1.00 e. The topological polar surface area (TPSA) is 57.5 Å². The molecule has 0 saturated carbocycles. The molecule has 0 aromatic heterocycles. The van der Waals surface area contributed by atoms with Crippen LogP contribution in [0.1, 0.15) is 2.85 Å². The van der Waals surface area contributed by atoms with Gasteiger partial charge in [0.25, 0.3) is 0 Å². The summed E-state index contributed by atoms with van der Waals surface area (Å²) in [5.41, 5.74) is 0. The zero-order valence-electron chi connectivity index (χ0n) is 4.81. The Labute approximate surface area is 78.2 Å². The Morgan fingerprint density at radius 2 is 1.50 bits per heavy atom. The Balaban J connectivity index is -0.00000000750. The molecule has 3 nitrogen and oxygen atoms in total. The van der Waals surface area contributed by atoms with Crippen LogP contribution in [0.15, 0.2) is 0 Å². The van der Waals surface area contributed by atoms with Crippen LogP contribution in [0.25, 0.3) is 0 Å². The van der Waals surface area contributed by atoms with Gasteiger partial charge < -0.3 is 13.1 Å². The van der Waals surface area contributed by atoms with Gasteiger partial charge in [-0.05, 0) is 0 Å². The normalized spacial score (nSPS) is 4.00. The van der Waals surface area contributed by atoms with Gasteiger partial charge >= 0.3 is 43.9 Å². The Kier molecular flexibility index (Phi) is 24.7. The molecule has 0 unspecified atom stereocenters. The smallest absolute Gasteiger partial charge is 1.00 e. The molecule has 5 heteroatoms. The maximum absolute atomic E-state index is 8.56. The molecule has 0 aliphatic rings. The minimum atomic E-state index is -1.83. The van der Waals surface area contributed by atoms with Crippen LogP contribution in [0.5, 0.6) is 0 Å². The Morgan fingerprint density at radius 1 is 1.50 bits per heavy atom. The van der Waals surface area contributed by atoms with Crippen molar-refractivity contribution >= 4 is 43.9 Å². The van der Waals surface area contributed by atoms with Crippen LogP contribution in [-0.2, 0) is 17.1 Å². The maximum Gasteiger partial charge on any atom is 2.00 e. The van der Waals surface area contributed by atoms with Gasteiger partial charge in [-0.15, -0.1) is 0 Å². The van der Waals surface area contributed by atoms with Crippen LogP contribution in [0, 0.1) is 0 Å². The second-order valence-electron chi connectivity index (χ2n) is 0.283. The van der Waals surface area contributed by atoms with E-state index in [1.807, 2.05) is 0 Å². The molecule has 0 bridgehead atoms. The largest absolute Gasteiger partial charge is 2.00 e. The number of hydrogen-bond donors (Lipinski definition) is 2. The van der Waals surface area contributed by atoms with E-state index in [-0.39, 0.29) is 57.7 Å². The van der Waals surface area contributed by atoms with Crippen LogP contribution in [0.3, 0.4) is 0 Å². The van der Waals surface area contributed by atoms with Gasteiger partial charge in [-0.3, -0.25) is 0 Å². The summed E-state index contributed by atoms with van der Waals surface area (Å²) < 4.78 is 0. The third-order valence-corrected chi connectivity index (χ3v) is 0. The molecule has 0 aliphatic carbocycles. The molecule has 0 atom stereocenters. The van der Waals surface area contributed by atoms with E-state index in [2.05, 4.69) is 0 Å². The molecule has 1 radical (unpaired) electrons. The molecule has 0 saturated heterocycles. The van der Waals surface area contributed by atoms with Crippen molar-refractivity contribution in [2.45, 2.75) is 0 Å². The van der Waals surface area contributed by atoms with Crippen molar-refractivity contribution in [3.05, 3.63) is 0 Å². The van der Waals surface area contributed by atoms with E-state index >= 15 is 0 Å². The molecule has 0 fully saturated rings. The van der Waals surface area contributed by atoms with Crippen LogP contribution >= 0.6 is 0 Å². The van der Waals surface area contributed by atoms with Crippen molar-refractivity contribution in [2.24, 2.45) is 0 Å². The minimum absolute atomic E-state index is 0. The Hall–Kier alpha value is 1.05. The molecule has 0 spiro atoms. The van der Waals surface area contributed by atoms with E-state index in [9.17, 15) is 0 Å². The zero-order valence-corrected chi connectivity index (χ0v) is 5.96. The molecule has 39 valence electrons. The average molecular weight is 168 g/mol. The number of hydrogen-bond acceptors (Lipinski definition) is 1. The van der Waals surface area contributed by atoms with Gasteiger partial charge in [-0.25, -0.2) is 4.79 Å². The molecule has 6 heavy (non-hydrogen) atoms. The fraction of sp³-hybridized carbons (Fsp3) is 0. The molecule has 0 aromatic rings. The average Bonchev–Trinajstić information content (AvgIpc) is 0.811. The second-order valence-corrected chi connectivity index (χ2v) is 0.283. The van der Waals surface area contributed by atoms with E-state index in [1.165, 1.54) is 0 Å². The summed E-state index contributed by atoms with van der Waals surface area (Å²) in [4.78, 5) is 8.56. The summed E-state index contributed by atoms with van der Waals surface area (Å²) >= 11 is 0. The van der Waals surface area contributed by atoms with Crippen LogP contribution in [0.4, 0.5) is 4.79 Å². The predicted octanol–water partition coefficient (Wildman–Crippen LogP) is 0.0641. The van der Waals surface area contributed by atoms with E-state index in [0.717, 1.165) is 0 Å². The number of carbonyl (C=O) groups is 1. The quantitative estimate of drug-likeness (QED) is 0.502. The van der Waals surface area contributed by atoms with Crippen LogP contribution in [0.2, 0.25) is 0 Å². The summed E-state index contributed by atoms with van der Waals surface area (Å²) in [6, 6.07) is 0. The molecule has 0 amide bonds. The summed E-state index contributed by atoms with van der Waals surface area (Å²) in [5, 5.41) is 13.9. The van der Waals surface area contributed by atoms with Gasteiger partial charge in [0, 0.05) is 17.1 Å². The van der Waals surface area contributed by atoms with Crippen molar-refractivity contribution < 1.29 is 34.9 Å². The summed E-state index contributed by atoms with van der Waals surface area (Å²) in [6.07, 6.45) is -1.83. The molecule has 0 rings (SSSR count). The molecular weight excluding hydrogens is 164 g/mol. The summed E-state index contributed by atoms with van der Waals surface area (Å²) in [6.45, 7) is 0. The first-order valence-corrected chi connectivity index (χ1v) is 0.651. The van der Waals surface area contributed by atoms with Crippen molar-refractivity contribution in [2.75, 3.05) is 0 Å². The fourth-order valence-corrected chi connectivity index (χ4v) is 0. The first kappa shape index (κ1) is 15.7. The van der Waals surface area contributed by atoms with Gasteiger partial charge in [-0.1, -0.05) is 0 Å². The third-order valence-electron chi connectivity index (χ3n) is 0. The molecule has 0 heterocycles. The predicted molar refractivity (Wildman–Crippen MR) is 18.6 cm³/mol. The van der Waals surface area contributed by atoms with Crippen molar-refractivity contribution in [1.82, 2.24) is 0 Å². The van der Waals surface area contributed by atoms with Crippen molar-refractivity contribution in [3.63, 3.8) is 0 Å². The van der Waals surface area contributed by atoms with E-state index in [1.54, 1.807) is 0 Å². The number of rotatable bonds is 0. The van der Waals surface area contributed by atoms with E-state index in [4.69, 9.17) is 15.0 Å². The van der Waals surface area contributed by atoms with Gasteiger partial charge in [0.05, 0.1) is 0 Å². The fourth-order valence-electron chi connectivity index (χ4n) is 0. The molecule has 2 N–H and O–H groups in total.